The molecule has 1 amide bonds. The maximum atomic E-state index is 11.4. The molecule has 0 bridgehead atoms. The van der Waals surface area contributed by atoms with Gasteiger partial charge in [-0.2, -0.15) is 0 Å². The number of nitrogens with one attached hydrogen (secondary N) is 3. The zero-order chi connectivity index (χ0) is 14.4. The smallest absolute Gasteiger partial charge is 0.251 e. The number of hydrogen-bond acceptors (Lipinski definition) is 3. The number of benzene rings is 2. The Balaban J connectivity index is 2.04. The second-order valence-electron chi connectivity index (χ2n) is 4.36. The van der Waals surface area contributed by atoms with Crippen molar-refractivity contribution in [1.29, 1.82) is 5.41 Å². The Kier molecular flexibility index (Phi) is 4.50. The van der Waals surface area contributed by atoms with Gasteiger partial charge in [-0.3, -0.25) is 4.79 Å². The third kappa shape index (κ3) is 3.23. The highest BCUT2D eigenvalue weighted by Crippen LogP contribution is 2.14. The van der Waals surface area contributed by atoms with E-state index in [1.165, 1.54) is 6.21 Å². The summed E-state index contributed by atoms with van der Waals surface area (Å²) in [6.45, 7) is 0.652. The summed E-state index contributed by atoms with van der Waals surface area (Å²) in [5.74, 6) is -0.0846. The minimum atomic E-state index is -0.0846. The number of hydrogen-bond donors (Lipinski definition) is 3. The zero-order valence-corrected chi connectivity index (χ0v) is 11.3. The van der Waals surface area contributed by atoms with Crippen molar-refractivity contribution in [3.05, 3.63) is 65.2 Å². The van der Waals surface area contributed by atoms with Gasteiger partial charge in [0.25, 0.3) is 5.91 Å². The lowest BCUT2D eigenvalue weighted by atomic mass is 10.1. The molecule has 0 heterocycles. The first-order valence-electron chi connectivity index (χ1n) is 6.39. The Morgan fingerprint density at radius 3 is 2.50 bits per heavy atom. The molecule has 2 aromatic rings. The Morgan fingerprint density at radius 1 is 1.15 bits per heavy atom. The first kappa shape index (κ1) is 13.8. The van der Waals surface area contributed by atoms with Crippen molar-refractivity contribution in [2.24, 2.45) is 0 Å². The summed E-state index contributed by atoms with van der Waals surface area (Å²) in [5.41, 5.74) is 3.51. The third-order valence-electron chi connectivity index (χ3n) is 3.04. The fourth-order valence-electron chi connectivity index (χ4n) is 1.90. The lowest BCUT2D eigenvalue weighted by molar-refractivity contribution is 0.0963. The predicted octanol–water partition coefficient (Wildman–Crippen LogP) is 2.66. The molecule has 0 unspecified atom stereocenters. The van der Waals surface area contributed by atoms with Crippen molar-refractivity contribution >= 4 is 17.8 Å². The molecule has 0 spiro atoms. The van der Waals surface area contributed by atoms with E-state index in [0.29, 0.717) is 12.1 Å². The molecule has 102 valence electrons. The molecule has 2 aromatic carbocycles. The lowest BCUT2D eigenvalue weighted by Crippen LogP contribution is -2.17. The van der Waals surface area contributed by atoms with Gasteiger partial charge in [0.05, 0.1) is 0 Å². The van der Waals surface area contributed by atoms with Crippen LogP contribution < -0.4 is 10.6 Å². The van der Waals surface area contributed by atoms with Crippen LogP contribution in [0.4, 0.5) is 5.69 Å². The van der Waals surface area contributed by atoms with Gasteiger partial charge >= 0.3 is 0 Å². The Hall–Kier alpha value is -2.62. The molecule has 4 nitrogen and oxygen atoms in total. The van der Waals surface area contributed by atoms with E-state index in [-0.39, 0.29) is 5.91 Å². The molecule has 0 aromatic heterocycles. The molecule has 2 rings (SSSR count). The average Bonchev–Trinajstić information content (AvgIpc) is 2.53. The van der Waals surface area contributed by atoms with Crippen LogP contribution in [-0.2, 0) is 6.54 Å². The van der Waals surface area contributed by atoms with Crippen molar-refractivity contribution in [2.45, 2.75) is 6.54 Å². The second-order valence-corrected chi connectivity index (χ2v) is 4.36. The van der Waals surface area contributed by atoms with Crippen LogP contribution in [0.3, 0.4) is 0 Å². The SMILES string of the molecule is CNC(=O)c1ccc(CNc2ccccc2C=N)cc1. The van der Waals surface area contributed by atoms with E-state index in [1.807, 2.05) is 36.4 Å². The molecule has 0 fully saturated rings. The number of para-hydroxylation sites is 1. The van der Waals surface area contributed by atoms with Crippen molar-refractivity contribution in [3.8, 4) is 0 Å². The molecule has 0 radical (unpaired) electrons. The van der Waals surface area contributed by atoms with Gasteiger partial charge < -0.3 is 16.0 Å². The number of carbonyl (C=O) groups is 1. The summed E-state index contributed by atoms with van der Waals surface area (Å²) in [7, 11) is 1.62. The standard InChI is InChI=1S/C16H17N3O/c1-18-16(20)13-8-6-12(7-9-13)11-19-15-5-3-2-4-14(15)10-17/h2-10,17,19H,11H2,1H3,(H,18,20). The molecule has 3 N–H and O–H groups in total. The third-order valence-corrected chi connectivity index (χ3v) is 3.04. The highest BCUT2D eigenvalue weighted by molar-refractivity contribution is 5.94. The van der Waals surface area contributed by atoms with Gasteiger partial charge in [0.2, 0.25) is 0 Å². The van der Waals surface area contributed by atoms with E-state index in [4.69, 9.17) is 5.41 Å². The summed E-state index contributed by atoms with van der Waals surface area (Å²) in [5, 5.41) is 13.2. The topological polar surface area (TPSA) is 65.0 Å². The normalized spacial score (nSPS) is 9.85. The van der Waals surface area contributed by atoms with Gasteiger partial charge in [-0.1, -0.05) is 30.3 Å². The molecular weight excluding hydrogens is 250 g/mol. The highest BCUT2D eigenvalue weighted by Gasteiger charge is 2.03. The molecule has 0 aliphatic rings. The van der Waals surface area contributed by atoms with E-state index < -0.39 is 0 Å². The van der Waals surface area contributed by atoms with Crippen molar-refractivity contribution in [3.63, 3.8) is 0 Å². The molecule has 0 saturated heterocycles. The largest absolute Gasteiger partial charge is 0.380 e. The summed E-state index contributed by atoms with van der Waals surface area (Å²) < 4.78 is 0. The van der Waals surface area contributed by atoms with Crippen LogP contribution in [0.2, 0.25) is 0 Å². The Labute approximate surface area is 118 Å². The summed E-state index contributed by atoms with van der Waals surface area (Å²) in [4.78, 5) is 11.4. The van der Waals surface area contributed by atoms with Gasteiger partial charge in [0, 0.05) is 36.6 Å². The van der Waals surface area contributed by atoms with Crippen molar-refractivity contribution in [2.75, 3.05) is 12.4 Å². The zero-order valence-electron chi connectivity index (χ0n) is 11.3. The number of carbonyl (C=O) groups excluding carboxylic acids is 1. The van der Waals surface area contributed by atoms with Crippen LogP contribution in [0, 0.1) is 5.41 Å². The number of rotatable bonds is 5. The van der Waals surface area contributed by atoms with E-state index in [9.17, 15) is 4.79 Å². The number of amides is 1. The van der Waals surface area contributed by atoms with E-state index >= 15 is 0 Å². The summed E-state index contributed by atoms with van der Waals surface area (Å²) in [6, 6.07) is 15.1. The predicted molar refractivity (Wildman–Crippen MR) is 81.5 cm³/mol. The monoisotopic (exact) mass is 267 g/mol. The van der Waals surface area contributed by atoms with Crippen LogP contribution in [0.15, 0.2) is 48.5 Å². The molecule has 0 aliphatic carbocycles. The lowest BCUT2D eigenvalue weighted by Gasteiger charge is -2.09. The molecule has 4 heteroatoms. The minimum Gasteiger partial charge on any atom is -0.380 e. The van der Waals surface area contributed by atoms with Crippen LogP contribution in [-0.4, -0.2) is 19.2 Å². The van der Waals surface area contributed by atoms with Gasteiger partial charge in [-0.15, -0.1) is 0 Å². The van der Waals surface area contributed by atoms with Gasteiger partial charge in [0.1, 0.15) is 0 Å². The quantitative estimate of drug-likeness (QED) is 0.729. The van der Waals surface area contributed by atoms with E-state index in [2.05, 4.69) is 10.6 Å². The first-order valence-corrected chi connectivity index (χ1v) is 6.39. The van der Waals surface area contributed by atoms with Crippen molar-refractivity contribution in [1.82, 2.24) is 5.32 Å². The molecule has 0 aliphatic heterocycles. The average molecular weight is 267 g/mol. The Morgan fingerprint density at radius 2 is 1.85 bits per heavy atom. The molecule has 0 saturated carbocycles. The minimum absolute atomic E-state index is 0.0846. The second kappa shape index (κ2) is 6.52. The maximum Gasteiger partial charge on any atom is 0.251 e. The highest BCUT2D eigenvalue weighted by atomic mass is 16.1. The number of anilines is 1. The van der Waals surface area contributed by atoms with Crippen molar-refractivity contribution < 1.29 is 4.79 Å². The molecular formula is C16H17N3O. The molecule has 0 atom stereocenters. The van der Waals surface area contributed by atoms with Gasteiger partial charge in [0.15, 0.2) is 0 Å². The van der Waals surface area contributed by atoms with Crippen LogP contribution in [0.5, 0.6) is 0 Å². The fourth-order valence-corrected chi connectivity index (χ4v) is 1.90. The van der Waals surface area contributed by atoms with Crippen LogP contribution in [0.1, 0.15) is 21.5 Å². The first-order chi connectivity index (χ1) is 9.74. The maximum absolute atomic E-state index is 11.4. The van der Waals surface area contributed by atoms with Crippen LogP contribution in [0.25, 0.3) is 0 Å². The summed E-state index contributed by atoms with van der Waals surface area (Å²) in [6.07, 6.45) is 1.33. The van der Waals surface area contributed by atoms with E-state index in [0.717, 1.165) is 16.8 Å². The fraction of sp³-hybridized carbons (Fsp3) is 0.125. The van der Waals surface area contributed by atoms with Gasteiger partial charge in [-0.25, -0.2) is 0 Å². The van der Waals surface area contributed by atoms with E-state index in [1.54, 1.807) is 19.2 Å². The van der Waals surface area contributed by atoms with Crippen LogP contribution >= 0.6 is 0 Å². The van der Waals surface area contributed by atoms with Gasteiger partial charge in [-0.05, 0) is 23.8 Å². The Bertz CT molecular complexity index is 605. The molecule has 20 heavy (non-hydrogen) atoms. The summed E-state index contributed by atoms with van der Waals surface area (Å²) >= 11 is 0.